The number of carbonyl (C=O) groups excluding carboxylic acids is 1. The van der Waals surface area contributed by atoms with E-state index in [9.17, 15) is 13.6 Å². The molecule has 0 radical (unpaired) electrons. The molecule has 0 saturated heterocycles. The number of amides is 1. The van der Waals surface area contributed by atoms with Gasteiger partial charge < -0.3 is 4.74 Å². The summed E-state index contributed by atoms with van der Waals surface area (Å²) in [6.07, 6.45) is 0. The number of aromatic nitrogens is 2. The lowest BCUT2D eigenvalue weighted by molar-refractivity contribution is 0.102. The van der Waals surface area contributed by atoms with Crippen molar-refractivity contribution in [3.63, 3.8) is 0 Å². The van der Waals surface area contributed by atoms with Crippen LogP contribution in [0.15, 0.2) is 42.5 Å². The van der Waals surface area contributed by atoms with Gasteiger partial charge in [0.25, 0.3) is 5.91 Å². The van der Waals surface area contributed by atoms with Crippen LogP contribution >= 0.6 is 11.5 Å². The second kappa shape index (κ2) is 6.71. The molecule has 1 amide bonds. The first-order chi connectivity index (χ1) is 11.6. The first-order valence-electron chi connectivity index (χ1n) is 6.81. The number of anilines is 1. The molecule has 0 unspecified atom stereocenters. The highest BCUT2D eigenvalue weighted by Crippen LogP contribution is 2.25. The van der Waals surface area contributed by atoms with Crippen LogP contribution in [0.2, 0.25) is 0 Å². The molecule has 0 bridgehead atoms. The van der Waals surface area contributed by atoms with E-state index < -0.39 is 23.1 Å². The Morgan fingerprint density at radius 2 is 2.04 bits per heavy atom. The molecule has 0 atom stereocenters. The van der Waals surface area contributed by atoms with Crippen LogP contribution in [-0.2, 0) is 0 Å². The van der Waals surface area contributed by atoms with Crippen LogP contribution in [0, 0.1) is 11.6 Å². The number of hydrogen-bond acceptors (Lipinski definition) is 5. The van der Waals surface area contributed by atoms with E-state index in [2.05, 4.69) is 14.7 Å². The van der Waals surface area contributed by atoms with Crippen LogP contribution in [0.25, 0.3) is 11.4 Å². The SMILES string of the molecule is COc1cccc(-c2nsc(NC(=O)c3cc(F)ccc3F)n2)c1. The molecule has 0 aliphatic heterocycles. The zero-order chi connectivity index (χ0) is 17.1. The molecule has 5 nitrogen and oxygen atoms in total. The molecule has 3 aromatic rings. The van der Waals surface area contributed by atoms with Gasteiger partial charge in [0.1, 0.15) is 17.4 Å². The third-order valence-electron chi connectivity index (χ3n) is 3.15. The van der Waals surface area contributed by atoms with Gasteiger partial charge in [-0.25, -0.2) is 8.78 Å². The van der Waals surface area contributed by atoms with E-state index in [4.69, 9.17) is 4.74 Å². The van der Waals surface area contributed by atoms with Crippen LogP contribution in [0.5, 0.6) is 5.75 Å². The van der Waals surface area contributed by atoms with Crippen molar-refractivity contribution in [2.24, 2.45) is 0 Å². The summed E-state index contributed by atoms with van der Waals surface area (Å²) in [5, 5.41) is 2.59. The van der Waals surface area contributed by atoms with Gasteiger partial charge in [0.05, 0.1) is 12.7 Å². The minimum Gasteiger partial charge on any atom is -0.497 e. The molecule has 0 fully saturated rings. The molecule has 0 aliphatic carbocycles. The van der Waals surface area contributed by atoms with Crippen LogP contribution < -0.4 is 10.1 Å². The lowest BCUT2D eigenvalue weighted by Gasteiger charge is -2.03. The fourth-order valence-corrected chi connectivity index (χ4v) is 2.57. The summed E-state index contributed by atoms with van der Waals surface area (Å²) in [5.41, 5.74) is 0.316. The van der Waals surface area contributed by atoms with Crippen molar-refractivity contribution in [2.45, 2.75) is 0 Å². The van der Waals surface area contributed by atoms with Gasteiger partial charge >= 0.3 is 0 Å². The number of methoxy groups -OCH3 is 1. The molecule has 2 aromatic carbocycles. The molecule has 1 aromatic heterocycles. The Hall–Kier alpha value is -2.87. The molecule has 24 heavy (non-hydrogen) atoms. The summed E-state index contributed by atoms with van der Waals surface area (Å²) in [7, 11) is 1.55. The largest absolute Gasteiger partial charge is 0.497 e. The average Bonchev–Trinajstić information content (AvgIpc) is 3.05. The number of nitrogens with one attached hydrogen (secondary N) is 1. The van der Waals surface area contributed by atoms with Crippen molar-refractivity contribution in [3.05, 3.63) is 59.7 Å². The van der Waals surface area contributed by atoms with Crippen molar-refractivity contribution in [3.8, 4) is 17.1 Å². The molecule has 1 heterocycles. The van der Waals surface area contributed by atoms with Gasteiger partial charge in [-0.05, 0) is 30.3 Å². The predicted molar refractivity (Wildman–Crippen MR) is 86.2 cm³/mol. The first-order valence-corrected chi connectivity index (χ1v) is 7.58. The Morgan fingerprint density at radius 1 is 1.21 bits per heavy atom. The number of ether oxygens (including phenoxy) is 1. The van der Waals surface area contributed by atoms with Crippen LogP contribution in [0.4, 0.5) is 13.9 Å². The highest BCUT2D eigenvalue weighted by atomic mass is 32.1. The number of nitrogens with zero attached hydrogens (tertiary/aromatic N) is 2. The Morgan fingerprint density at radius 3 is 2.83 bits per heavy atom. The summed E-state index contributed by atoms with van der Waals surface area (Å²) in [5.74, 6) is -1.26. The lowest BCUT2D eigenvalue weighted by atomic mass is 10.2. The maximum absolute atomic E-state index is 13.6. The van der Waals surface area contributed by atoms with E-state index in [1.54, 1.807) is 31.4 Å². The molecule has 0 saturated carbocycles. The van der Waals surface area contributed by atoms with E-state index in [-0.39, 0.29) is 5.13 Å². The van der Waals surface area contributed by atoms with Gasteiger partial charge in [-0.3, -0.25) is 10.1 Å². The van der Waals surface area contributed by atoms with Crippen LogP contribution in [0.3, 0.4) is 0 Å². The monoisotopic (exact) mass is 347 g/mol. The van der Waals surface area contributed by atoms with Gasteiger partial charge in [-0.15, -0.1) is 0 Å². The van der Waals surface area contributed by atoms with E-state index >= 15 is 0 Å². The minimum absolute atomic E-state index is 0.182. The van der Waals surface area contributed by atoms with E-state index in [1.165, 1.54) is 0 Å². The van der Waals surface area contributed by atoms with E-state index in [1.807, 2.05) is 0 Å². The van der Waals surface area contributed by atoms with Gasteiger partial charge in [0, 0.05) is 17.1 Å². The fraction of sp³-hybridized carbons (Fsp3) is 0.0625. The summed E-state index contributed by atoms with van der Waals surface area (Å²) in [4.78, 5) is 16.2. The summed E-state index contributed by atoms with van der Waals surface area (Å²) >= 11 is 0.941. The topological polar surface area (TPSA) is 64.1 Å². The second-order valence-corrected chi connectivity index (χ2v) is 5.49. The minimum atomic E-state index is -0.813. The molecule has 1 N–H and O–H groups in total. The molecular weight excluding hydrogens is 336 g/mol. The van der Waals surface area contributed by atoms with Crippen molar-refractivity contribution in [2.75, 3.05) is 12.4 Å². The Kier molecular flexibility index (Phi) is 4.48. The molecule has 3 rings (SSSR count). The van der Waals surface area contributed by atoms with Gasteiger partial charge in [-0.1, -0.05) is 12.1 Å². The standard InChI is InChI=1S/C16H11F2N3O2S/c1-23-11-4-2-3-9(7-11)14-19-16(24-21-14)20-15(22)12-8-10(17)5-6-13(12)18/h2-8H,1H3,(H,19,20,21,22). The summed E-state index contributed by atoms with van der Waals surface area (Å²) in [6.45, 7) is 0. The Bertz CT molecular complexity index is 899. The van der Waals surface area contributed by atoms with Crippen LogP contribution in [0.1, 0.15) is 10.4 Å². The molecule has 8 heteroatoms. The summed E-state index contributed by atoms with van der Waals surface area (Å²) < 4.78 is 36.0. The van der Waals surface area contributed by atoms with Crippen molar-refractivity contribution in [1.82, 2.24) is 9.36 Å². The van der Waals surface area contributed by atoms with Crippen molar-refractivity contribution in [1.29, 1.82) is 0 Å². The maximum Gasteiger partial charge on any atom is 0.260 e. The third kappa shape index (κ3) is 3.38. The molecule has 122 valence electrons. The Labute approximate surface area is 140 Å². The smallest absolute Gasteiger partial charge is 0.260 e. The van der Waals surface area contributed by atoms with E-state index in [0.717, 1.165) is 29.7 Å². The number of carbonyl (C=O) groups is 1. The zero-order valence-electron chi connectivity index (χ0n) is 12.4. The first kappa shape index (κ1) is 16.0. The van der Waals surface area contributed by atoms with Gasteiger partial charge in [0.15, 0.2) is 5.82 Å². The van der Waals surface area contributed by atoms with Gasteiger partial charge in [0.2, 0.25) is 5.13 Å². The fourth-order valence-electron chi connectivity index (χ4n) is 1.99. The number of hydrogen-bond donors (Lipinski definition) is 1. The van der Waals surface area contributed by atoms with Crippen molar-refractivity contribution >= 4 is 22.6 Å². The molecular formula is C16H11F2N3O2S. The number of rotatable bonds is 4. The predicted octanol–water partition coefficient (Wildman–Crippen LogP) is 3.74. The second-order valence-electron chi connectivity index (χ2n) is 4.73. The Balaban J connectivity index is 1.81. The number of benzene rings is 2. The highest BCUT2D eigenvalue weighted by molar-refractivity contribution is 7.10. The molecule has 0 aliphatic rings. The van der Waals surface area contributed by atoms with Crippen molar-refractivity contribution < 1.29 is 18.3 Å². The summed E-state index contributed by atoms with van der Waals surface area (Å²) in [6, 6.07) is 9.78. The van der Waals surface area contributed by atoms with Gasteiger partial charge in [-0.2, -0.15) is 9.36 Å². The third-order valence-corrected chi connectivity index (χ3v) is 3.78. The highest BCUT2D eigenvalue weighted by Gasteiger charge is 2.15. The van der Waals surface area contributed by atoms with Crippen LogP contribution in [-0.4, -0.2) is 22.4 Å². The maximum atomic E-state index is 13.6. The lowest BCUT2D eigenvalue weighted by Crippen LogP contribution is -2.13. The molecule has 0 spiro atoms. The quantitative estimate of drug-likeness (QED) is 0.781. The zero-order valence-corrected chi connectivity index (χ0v) is 13.2. The number of halogens is 2. The van der Waals surface area contributed by atoms with E-state index in [0.29, 0.717) is 17.1 Å². The normalized spacial score (nSPS) is 10.5. The average molecular weight is 347 g/mol.